The third kappa shape index (κ3) is 3.31. The van der Waals surface area contributed by atoms with Crippen molar-refractivity contribution in [2.75, 3.05) is 0 Å². The van der Waals surface area contributed by atoms with Crippen LogP contribution < -0.4 is 0 Å². The highest BCUT2D eigenvalue weighted by Crippen LogP contribution is 2.34. The van der Waals surface area contributed by atoms with Gasteiger partial charge in [0.1, 0.15) is 5.03 Å². The Morgan fingerprint density at radius 2 is 1.48 bits per heavy atom. The zero-order valence-electron chi connectivity index (χ0n) is 14.4. The average Bonchev–Trinajstić information content (AvgIpc) is 2.65. The van der Waals surface area contributed by atoms with Crippen molar-refractivity contribution in [1.29, 1.82) is 0 Å². The molecule has 1 heterocycles. The minimum Gasteiger partial charge on any atom is -0.241 e. The number of para-hydroxylation sites is 1. The second-order valence-electron chi connectivity index (χ2n) is 6.24. The van der Waals surface area contributed by atoms with Gasteiger partial charge in [0, 0.05) is 10.3 Å². The summed E-state index contributed by atoms with van der Waals surface area (Å²) in [5.41, 5.74) is 6.13. The van der Waals surface area contributed by atoms with Gasteiger partial charge in [-0.1, -0.05) is 66.4 Å². The van der Waals surface area contributed by atoms with Crippen LogP contribution >= 0.6 is 11.8 Å². The maximum Gasteiger partial charge on any atom is 0.102 e. The number of hydrogen-bond acceptors (Lipinski definition) is 2. The molecule has 25 heavy (non-hydrogen) atoms. The third-order valence-electron chi connectivity index (χ3n) is 4.48. The molecule has 3 aromatic carbocycles. The lowest BCUT2D eigenvalue weighted by molar-refractivity contribution is 1.18. The van der Waals surface area contributed by atoms with Crippen LogP contribution in [0.3, 0.4) is 0 Å². The van der Waals surface area contributed by atoms with Crippen molar-refractivity contribution >= 4 is 22.7 Å². The molecule has 0 N–H and O–H groups in total. The van der Waals surface area contributed by atoms with Crippen LogP contribution in [0.5, 0.6) is 0 Å². The molecule has 0 spiro atoms. The van der Waals surface area contributed by atoms with Crippen LogP contribution in [-0.4, -0.2) is 4.98 Å². The number of benzene rings is 3. The lowest BCUT2D eigenvalue weighted by atomic mass is 10.0. The van der Waals surface area contributed by atoms with E-state index in [2.05, 4.69) is 92.7 Å². The van der Waals surface area contributed by atoms with Crippen LogP contribution in [0.1, 0.15) is 11.1 Å². The van der Waals surface area contributed by atoms with Gasteiger partial charge in [0.25, 0.3) is 0 Å². The van der Waals surface area contributed by atoms with E-state index in [9.17, 15) is 0 Å². The van der Waals surface area contributed by atoms with Crippen molar-refractivity contribution in [1.82, 2.24) is 4.98 Å². The van der Waals surface area contributed by atoms with Gasteiger partial charge >= 0.3 is 0 Å². The van der Waals surface area contributed by atoms with Crippen LogP contribution in [0.4, 0.5) is 0 Å². The fourth-order valence-electron chi connectivity index (χ4n) is 2.96. The summed E-state index contributed by atoms with van der Waals surface area (Å²) in [5.74, 6) is 0. The van der Waals surface area contributed by atoms with E-state index in [1.807, 2.05) is 0 Å². The summed E-state index contributed by atoms with van der Waals surface area (Å²) in [5, 5.41) is 2.22. The van der Waals surface area contributed by atoms with Crippen LogP contribution in [0.15, 0.2) is 88.8 Å². The van der Waals surface area contributed by atoms with Crippen molar-refractivity contribution in [3.8, 4) is 11.1 Å². The van der Waals surface area contributed by atoms with Gasteiger partial charge in [0.2, 0.25) is 0 Å². The number of rotatable bonds is 3. The quantitative estimate of drug-likeness (QED) is 0.413. The zero-order chi connectivity index (χ0) is 17.2. The van der Waals surface area contributed by atoms with Gasteiger partial charge in [0.15, 0.2) is 0 Å². The van der Waals surface area contributed by atoms with Crippen molar-refractivity contribution in [2.24, 2.45) is 0 Å². The van der Waals surface area contributed by atoms with Gasteiger partial charge in [-0.2, -0.15) is 0 Å². The van der Waals surface area contributed by atoms with Crippen molar-refractivity contribution in [3.63, 3.8) is 0 Å². The first-order valence-corrected chi connectivity index (χ1v) is 9.23. The Bertz CT molecular complexity index is 1040. The Kier molecular flexibility index (Phi) is 4.29. The first kappa shape index (κ1) is 15.9. The van der Waals surface area contributed by atoms with Gasteiger partial charge in [-0.25, -0.2) is 4.98 Å². The van der Waals surface area contributed by atoms with Crippen molar-refractivity contribution in [3.05, 3.63) is 90.0 Å². The summed E-state index contributed by atoms with van der Waals surface area (Å²) < 4.78 is 0. The highest BCUT2D eigenvalue weighted by atomic mass is 32.2. The predicted molar refractivity (Wildman–Crippen MR) is 107 cm³/mol. The Labute approximate surface area is 152 Å². The third-order valence-corrected chi connectivity index (χ3v) is 5.39. The number of pyridine rings is 1. The molecule has 2 heteroatoms. The summed E-state index contributed by atoms with van der Waals surface area (Å²) in [7, 11) is 0. The SMILES string of the molecule is Cc1ccc(Sc2cc(-c3ccccc3)c3ccccc3n2)cc1C. The van der Waals surface area contributed by atoms with Crippen molar-refractivity contribution in [2.45, 2.75) is 23.8 Å². The predicted octanol–water partition coefficient (Wildman–Crippen LogP) is 6.67. The fraction of sp³-hybridized carbons (Fsp3) is 0.0870. The first-order chi connectivity index (χ1) is 12.2. The van der Waals surface area contributed by atoms with Crippen LogP contribution in [0, 0.1) is 13.8 Å². The number of aryl methyl sites for hydroxylation is 2. The number of hydrogen-bond donors (Lipinski definition) is 0. The molecular weight excluding hydrogens is 322 g/mol. The van der Waals surface area contributed by atoms with Gasteiger partial charge in [-0.05, 0) is 60.4 Å². The largest absolute Gasteiger partial charge is 0.241 e. The Balaban J connectivity index is 1.83. The van der Waals surface area contributed by atoms with E-state index in [4.69, 9.17) is 4.98 Å². The van der Waals surface area contributed by atoms with Gasteiger partial charge in [0.05, 0.1) is 5.52 Å². The van der Waals surface area contributed by atoms with E-state index < -0.39 is 0 Å². The molecule has 1 nitrogen and oxygen atoms in total. The zero-order valence-corrected chi connectivity index (χ0v) is 15.2. The summed E-state index contributed by atoms with van der Waals surface area (Å²) >= 11 is 1.72. The summed E-state index contributed by atoms with van der Waals surface area (Å²) in [4.78, 5) is 6.10. The standard InChI is InChI=1S/C23H19NS/c1-16-12-13-19(14-17(16)2)25-23-15-21(18-8-4-3-5-9-18)20-10-6-7-11-22(20)24-23/h3-15H,1-2H3. The van der Waals surface area contributed by atoms with E-state index in [-0.39, 0.29) is 0 Å². The number of fused-ring (bicyclic) bond motifs is 1. The number of nitrogens with zero attached hydrogens (tertiary/aromatic N) is 1. The van der Waals surface area contributed by atoms with E-state index in [1.54, 1.807) is 11.8 Å². The average molecular weight is 341 g/mol. The molecule has 0 unspecified atom stereocenters. The summed E-state index contributed by atoms with van der Waals surface area (Å²) in [6.07, 6.45) is 0. The minimum absolute atomic E-state index is 1.03. The Morgan fingerprint density at radius 1 is 0.720 bits per heavy atom. The van der Waals surface area contributed by atoms with Crippen molar-refractivity contribution < 1.29 is 0 Å². The molecule has 0 aliphatic rings. The lowest BCUT2D eigenvalue weighted by Crippen LogP contribution is -1.88. The van der Waals surface area contributed by atoms with Crippen LogP contribution in [0.2, 0.25) is 0 Å². The van der Waals surface area contributed by atoms with Gasteiger partial charge in [-0.15, -0.1) is 0 Å². The molecular formula is C23H19NS. The number of aromatic nitrogens is 1. The van der Waals surface area contributed by atoms with Crippen LogP contribution in [0.25, 0.3) is 22.0 Å². The summed E-state index contributed by atoms with van der Waals surface area (Å²) in [6, 6.07) is 27.7. The molecule has 0 amide bonds. The molecule has 0 atom stereocenters. The van der Waals surface area contributed by atoms with Crippen LogP contribution in [-0.2, 0) is 0 Å². The maximum atomic E-state index is 4.87. The highest BCUT2D eigenvalue weighted by Gasteiger charge is 2.09. The molecule has 0 aliphatic carbocycles. The fourth-order valence-corrected chi connectivity index (χ4v) is 3.89. The molecule has 4 aromatic rings. The lowest BCUT2D eigenvalue weighted by Gasteiger charge is -2.10. The molecule has 0 bridgehead atoms. The maximum absolute atomic E-state index is 4.87. The van der Waals surface area contributed by atoms with E-state index in [0.29, 0.717) is 0 Å². The molecule has 1 aromatic heterocycles. The molecule has 0 saturated heterocycles. The second-order valence-corrected chi connectivity index (χ2v) is 7.33. The van der Waals surface area contributed by atoms with E-state index in [1.165, 1.54) is 32.5 Å². The molecule has 0 saturated carbocycles. The van der Waals surface area contributed by atoms with Gasteiger partial charge < -0.3 is 0 Å². The first-order valence-electron chi connectivity index (χ1n) is 8.41. The van der Waals surface area contributed by atoms with E-state index in [0.717, 1.165) is 10.5 Å². The highest BCUT2D eigenvalue weighted by molar-refractivity contribution is 7.99. The van der Waals surface area contributed by atoms with E-state index >= 15 is 0 Å². The topological polar surface area (TPSA) is 12.9 Å². The normalized spacial score (nSPS) is 11.0. The monoisotopic (exact) mass is 341 g/mol. The molecule has 122 valence electrons. The molecule has 4 rings (SSSR count). The smallest absolute Gasteiger partial charge is 0.102 e. The molecule has 0 radical (unpaired) electrons. The summed E-state index contributed by atoms with van der Waals surface area (Å²) in [6.45, 7) is 4.30. The molecule has 0 aliphatic heterocycles. The Hall–Kier alpha value is -2.58. The van der Waals surface area contributed by atoms with Gasteiger partial charge in [-0.3, -0.25) is 0 Å². The molecule has 0 fully saturated rings. The Morgan fingerprint density at radius 3 is 2.28 bits per heavy atom. The second kappa shape index (κ2) is 6.73. The minimum atomic E-state index is 1.03.